The summed E-state index contributed by atoms with van der Waals surface area (Å²) in [4.78, 5) is 1.81. The summed E-state index contributed by atoms with van der Waals surface area (Å²) in [5.74, 6) is -0.956. The van der Waals surface area contributed by atoms with E-state index >= 15 is 0 Å². The lowest BCUT2D eigenvalue weighted by atomic mass is 10.1. The average Bonchev–Trinajstić information content (AvgIpc) is 2.44. The Morgan fingerprint density at radius 3 is 2.62 bits per heavy atom. The second-order valence-corrected chi connectivity index (χ2v) is 4.15. The Hall–Kier alpha value is -1.16. The van der Waals surface area contributed by atoms with Gasteiger partial charge in [0.25, 0.3) is 0 Å². The van der Waals surface area contributed by atoms with Crippen molar-refractivity contribution in [3.63, 3.8) is 0 Å². The molecule has 1 saturated heterocycles. The van der Waals surface area contributed by atoms with Crippen LogP contribution in [0.3, 0.4) is 0 Å². The zero-order chi connectivity index (χ0) is 11.5. The molecule has 0 radical (unpaired) electrons. The van der Waals surface area contributed by atoms with E-state index in [0.29, 0.717) is 6.54 Å². The smallest absolute Gasteiger partial charge is 0.149 e. The van der Waals surface area contributed by atoms with Gasteiger partial charge in [0.05, 0.1) is 0 Å². The molecule has 1 aliphatic heterocycles. The number of para-hydroxylation sites is 1. The van der Waals surface area contributed by atoms with Gasteiger partial charge in [-0.1, -0.05) is 6.07 Å². The Balaban J connectivity index is 2.33. The number of halogens is 2. The maximum Gasteiger partial charge on any atom is 0.149 e. The van der Waals surface area contributed by atoms with Gasteiger partial charge in [-0.05, 0) is 32.0 Å². The molecule has 1 aromatic rings. The van der Waals surface area contributed by atoms with E-state index in [1.807, 2.05) is 11.8 Å². The molecule has 0 aliphatic carbocycles. The van der Waals surface area contributed by atoms with Gasteiger partial charge in [0, 0.05) is 19.1 Å². The van der Waals surface area contributed by atoms with Crippen LogP contribution in [0.2, 0.25) is 0 Å². The number of anilines is 1. The van der Waals surface area contributed by atoms with Gasteiger partial charge in [0.2, 0.25) is 0 Å². The topological polar surface area (TPSA) is 15.3 Å². The van der Waals surface area contributed by atoms with Crippen molar-refractivity contribution in [2.45, 2.75) is 19.4 Å². The van der Waals surface area contributed by atoms with Gasteiger partial charge in [-0.3, -0.25) is 0 Å². The normalized spacial score (nSPS) is 21.9. The molecule has 2 nitrogen and oxygen atoms in total. The quantitative estimate of drug-likeness (QED) is 0.789. The molecule has 16 heavy (non-hydrogen) atoms. The fraction of sp³-hybridized carbons (Fsp3) is 0.500. The molecule has 1 fully saturated rings. The predicted octanol–water partition coefficient (Wildman–Crippen LogP) is 2.15. The maximum atomic E-state index is 13.6. The number of hydrogen-bond donors (Lipinski definition) is 1. The molecule has 1 unspecified atom stereocenters. The highest BCUT2D eigenvalue weighted by Crippen LogP contribution is 2.26. The van der Waals surface area contributed by atoms with Crippen molar-refractivity contribution in [3.05, 3.63) is 29.8 Å². The lowest BCUT2D eigenvalue weighted by Crippen LogP contribution is -2.35. The second-order valence-electron chi connectivity index (χ2n) is 4.15. The fourth-order valence-corrected chi connectivity index (χ4v) is 2.11. The van der Waals surface area contributed by atoms with E-state index in [1.165, 1.54) is 18.2 Å². The molecule has 1 aromatic carbocycles. The van der Waals surface area contributed by atoms with Crippen molar-refractivity contribution in [2.75, 3.05) is 24.5 Å². The molecular weight excluding hydrogens is 210 g/mol. The van der Waals surface area contributed by atoms with Crippen molar-refractivity contribution in [3.8, 4) is 0 Å². The summed E-state index contributed by atoms with van der Waals surface area (Å²) in [5.41, 5.74) is 0.110. The second kappa shape index (κ2) is 4.78. The lowest BCUT2D eigenvalue weighted by Gasteiger charge is -2.29. The number of benzene rings is 1. The molecule has 0 spiro atoms. The van der Waals surface area contributed by atoms with Gasteiger partial charge in [0.15, 0.2) is 0 Å². The standard InChI is InChI=1S/C12H16F2N2/c1-9-5-6-15-7-8-16(9)12-10(13)3-2-4-11(12)14/h2-4,9,15H,5-8H2,1H3. The van der Waals surface area contributed by atoms with Crippen LogP contribution in [0.5, 0.6) is 0 Å². The highest BCUT2D eigenvalue weighted by molar-refractivity contribution is 5.50. The predicted molar refractivity (Wildman–Crippen MR) is 60.7 cm³/mol. The van der Waals surface area contributed by atoms with E-state index in [0.717, 1.165) is 19.5 Å². The lowest BCUT2D eigenvalue weighted by molar-refractivity contribution is 0.549. The van der Waals surface area contributed by atoms with Crippen LogP contribution >= 0.6 is 0 Å². The maximum absolute atomic E-state index is 13.6. The van der Waals surface area contributed by atoms with Crippen LogP contribution in [0.1, 0.15) is 13.3 Å². The minimum Gasteiger partial charge on any atom is -0.363 e. The summed E-state index contributed by atoms with van der Waals surface area (Å²) in [6.45, 7) is 4.30. The minimum atomic E-state index is -0.478. The first-order chi connectivity index (χ1) is 7.70. The van der Waals surface area contributed by atoms with Crippen LogP contribution in [0.15, 0.2) is 18.2 Å². The van der Waals surface area contributed by atoms with Gasteiger partial charge < -0.3 is 10.2 Å². The first kappa shape index (κ1) is 11.3. The molecule has 1 atom stereocenters. The average molecular weight is 226 g/mol. The summed E-state index contributed by atoms with van der Waals surface area (Å²) < 4.78 is 27.3. The summed E-state index contributed by atoms with van der Waals surface area (Å²) in [7, 11) is 0. The Bertz CT molecular complexity index is 348. The van der Waals surface area contributed by atoms with Crippen molar-refractivity contribution in [1.82, 2.24) is 5.32 Å². The summed E-state index contributed by atoms with van der Waals surface area (Å²) in [6, 6.07) is 4.17. The molecule has 1 aliphatic rings. The van der Waals surface area contributed by atoms with Crippen molar-refractivity contribution in [2.24, 2.45) is 0 Å². The summed E-state index contributed by atoms with van der Waals surface area (Å²) >= 11 is 0. The van der Waals surface area contributed by atoms with E-state index < -0.39 is 11.6 Å². The Morgan fingerprint density at radius 1 is 1.25 bits per heavy atom. The molecule has 0 amide bonds. The first-order valence-corrected chi connectivity index (χ1v) is 5.61. The monoisotopic (exact) mass is 226 g/mol. The Kier molecular flexibility index (Phi) is 3.39. The first-order valence-electron chi connectivity index (χ1n) is 5.61. The van der Waals surface area contributed by atoms with E-state index in [2.05, 4.69) is 5.32 Å². The van der Waals surface area contributed by atoms with Crippen molar-refractivity contribution in [1.29, 1.82) is 0 Å². The summed E-state index contributed by atoms with van der Waals surface area (Å²) in [5, 5.41) is 3.23. The molecule has 2 rings (SSSR count). The summed E-state index contributed by atoms with van der Waals surface area (Å²) in [6.07, 6.45) is 0.897. The number of nitrogens with zero attached hydrogens (tertiary/aromatic N) is 1. The van der Waals surface area contributed by atoms with Crippen LogP contribution in [0, 0.1) is 11.6 Å². The molecule has 0 bridgehead atoms. The minimum absolute atomic E-state index is 0.110. The molecule has 0 saturated carbocycles. The third kappa shape index (κ3) is 2.16. The molecule has 1 N–H and O–H groups in total. The van der Waals surface area contributed by atoms with E-state index in [1.54, 1.807) is 0 Å². The number of nitrogens with one attached hydrogen (secondary N) is 1. The molecule has 88 valence electrons. The van der Waals surface area contributed by atoms with Crippen LogP contribution in [-0.4, -0.2) is 25.7 Å². The third-order valence-electron chi connectivity index (χ3n) is 3.03. The number of rotatable bonds is 1. The van der Waals surface area contributed by atoms with Crippen LogP contribution in [0.25, 0.3) is 0 Å². The molecule has 0 aromatic heterocycles. The molecule has 4 heteroatoms. The van der Waals surface area contributed by atoms with Gasteiger partial charge in [0.1, 0.15) is 17.3 Å². The number of hydrogen-bond acceptors (Lipinski definition) is 2. The van der Waals surface area contributed by atoms with Crippen molar-refractivity contribution >= 4 is 5.69 Å². The van der Waals surface area contributed by atoms with Crippen LogP contribution in [0.4, 0.5) is 14.5 Å². The van der Waals surface area contributed by atoms with Crippen LogP contribution in [-0.2, 0) is 0 Å². The Labute approximate surface area is 94.3 Å². The van der Waals surface area contributed by atoms with E-state index in [9.17, 15) is 8.78 Å². The third-order valence-corrected chi connectivity index (χ3v) is 3.03. The van der Waals surface area contributed by atoms with Gasteiger partial charge >= 0.3 is 0 Å². The Morgan fingerprint density at radius 2 is 1.94 bits per heavy atom. The molecular formula is C12H16F2N2. The largest absolute Gasteiger partial charge is 0.363 e. The highest BCUT2D eigenvalue weighted by Gasteiger charge is 2.22. The van der Waals surface area contributed by atoms with Gasteiger partial charge in [-0.15, -0.1) is 0 Å². The van der Waals surface area contributed by atoms with E-state index in [4.69, 9.17) is 0 Å². The SMILES string of the molecule is CC1CCNCCN1c1c(F)cccc1F. The van der Waals surface area contributed by atoms with Gasteiger partial charge in [-0.2, -0.15) is 0 Å². The van der Waals surface area contributed by atoms with Crippen LogP contribution < -0.4 is 10.2 Å². The highest BCUT2D eigenvalue weighted by atomic mass is 19.1. The zero-order valence-corrected chi connectivity index (χ0v) is 9.34. The van der Waals surface area contributed by atoms with E-state index in [-0.39, 0.29) is 11.7 Å². The fourth-order valence-electron chi connectivity index (χ4n) is 2.11. The van der Waals surface area contributed by atoms with Crippen molar-refractivity contribution < 1.29 is 8.78 Å². The molecule has 1 heterocycles. The van der Waals surface area contributed by atoms with Gasteiger partial charge in [-0.25, -0.2) is 8.78 Å². The zero-order valence-electron chi connectivity index (χ0n) is 9.34.